The fourth-order valence-corrected chi connectivity index (χ4v) is 2.91. The maximum atomic E-state index is 14.4. The van der Waals surface area contributed by atoms with Crippen LogP contribution in [0, 0.1) is 23.3 Å². The average molecular weight is 416 g/mol. The molecule has 0 saturated carbocycles. The number of hydrogen-bond donors (Lipinski definition) is 2. The molecule has 3 rings (SSSR count). The van der Waals surface area contributed by atoms with Crippen molar-refractivity contribution in [2.24, 2.45) is 0 Å². The van der Waals surface area contributed by atoms with Crippen molar-refractivity contribution in [1.82, 2.24) is 9.55 Å². The maximum Gasteiger partial charge on any atom is 0.341 e. The second kappa shape index (κ2) is 7.12. The van der Waals surface area contributed by atoms with Crippen molar-refractivity contribution in [3.63, 3.8) is 0 Å². The number of hydrogen-bond acceptors (Lipinski definition) is 4. The number of rotatable bonds is 4. The third-order valence-electron chi connectivity index (χ3n) is 3.84. The number of nitrogens with one attached hydrogen (secondary N) is 1. The zero-order valence-electron chi connectivity index (χ0n) is 14.0. The number of carboxylic acid groups (broad SMARTS) is 1. The molecule has 0 aliphatic heterocycles. The zero-order valence-corrected chi connectivity index (χ0v) is 14.7. The van der Waals surface area contributed by atoms with Gasteiger partial charge in [-0.15, -0.1) is 0 Å². The van der Waals surface area contributed by atoms with E-state index in [9.17, 15) is 32.3 Å². The van der Waals surface area contributed by atoms with Crippen molar-refractivity contribution in [3.8, 4) is 5.82 Å². The molecule has 6 nitrogen and oxygen atoms in total. The molecule has 0 saturated heterocycles. The fraction of sp³-hybridized carbons (Fsp3) is 0.118. The summed E-state index contributed by atoms with van der Waals surface area (Å²) in [7, 11) is 0. The average Bonchev–Trinajstić information content (AvgIpc) is 2.63. The van der Waals surface area contributed by atoms with Gasteiger partial charge in [-0.1, -0.05) is 11.6 Å². The van der Waals surface area contributed by atoms with Gasteiger partial charge in [-0.05, 0) is 13.0 Å². The molecule has 0 radical (unpaired) electrons. The normalized spacial score (nSPS) is 11.1. The number of halogens is 5. The molecule has 0 spiro atoms. The lowest BCUT2D eigenvalue weighted by molar-refractivity contribution is 0.0695. The Morgan fingerprint density at radius 1 is 1.21 bits per heavy atom. The summed E-state index contributed by atoms with van der Waals surface area (Å²) < 4.78 is 56.7. The smallest absolute Gasteiger partial charge is 0.341 e. The van der Waals surface area contributed by atoms with E-state index in [0.717, 1.165) is 0 Å². The molecule has 0 atom stereocenters. The summed E-state index contributed by atoms with van der Waals surface area (Å²) in [5, 5.41) is 10.3. The van der Waals surface area contributed by atoms with Crippen molar-refractivity contribution in [3.05, 3.63) is 62.4 Å². The van der Waals surface area contributed by atoms with Crippen LogP contribution in [0.4, 0.5) is 23.4 Å². The fourth-order valence-electron chi connectivity index (χ4n) is 2.63. The Morgan fingerprint density at radius 2 is 1.89 bits per heavy atom. The summed E-state index contributed by atoms with van der Waals surface area (Å²) in [6.45, 7) is 1.84. The van der Waals surface area contributed by atoms with Crippen molar-refractivity contribution in [2.45, 2.75) is 6.92 Å². The van der Waals surface area contributed by atoms with E-state index in [0.29, 0.717) is 22.9 Å². The van der Waals surface area contributed by atoms with Crippen LogP contribution in [-0.4, -0.2) is 27.2 Å². The predicted octanol–water partition coefficient (Wildman–Crippen LogP) is 3.73. The molecule has 146 valence electrons. The first-order valence-electron chi connectivity index (χ1n) is 7.73. The van der Waals surface area contributed by atoms with Gasteiger partial charge in [0.15, 0.2) is 34.9 Å². The Labute approximate surface area is 159 Å². The molecule has 0 bridgehead atoms. The van der Waals surface area contributed by atoms with Crippen molar-refractivity contribution >= 4 is 34.3 Å². The molecule has 2 heterocycles. The lowest BCUT2D eigenvalue weighted by Gasteiger charge is -2.15. The van der Waals surface area contributed by atoms with Gasteiger partial charge < -0.3 is 10.4 Å². The van der Waals surface area contributed by atoms with Crippen LogP contribution in [0.15, 0.2) is 23.1 Å². The standard InChI is InChI=1S/C17H10ClF4N3O3/c1-2-23-15-9(20)4-10(21)16(24-15)25-5-7(17(27)28)14(26)6-3-8(19)12(22)11(18)13(6)25/h3-5H,2H2,1H3,(H,23,24)(H,27,28). The quantitative estimate of drug-likeness (QED) is 0.501. The molecule has 11 heteroatoms. The van der Waals surface area contributed by atoms with Gasteiger partial charge in [0.2, 0.25) is 5.43 Å². The number of benzene rings is 1. The highest BCUT2D eigenvalue weighted by Gasteiger charge is 2.24. The molecule has 3 aromatic rings. The van der Waals surface area contributed by atoms with Gasteiger partial charge in [0.05, 0.1) is 10.9 Å². The molecule has 2 N–H and O–H groups in total. The molecule has 28 heavy (non-hydrogen) atoms. The zero-order chi connectivity index (χ0) is 20.7. The third kappa shape index (κ3) is 3.05. The van der Waals surface area contributed by atoms with E-state index in [-0.39, 0.29) is 12.4 Å². The van der Waals surface area contributed by atoms with Gasteiger partial charge in [-0.25, -0.2) is 27.3 Å². The topological polar surface area (TPSA) is 84.2 Å². The molecular formula is C17H10ClF4N3O3. The largest absolute Gasteiger partial charge is 0.477 e. The Hall–Kier alpha value is -3.14. The molecule has 0 unspecified atom stereocenters. The lowest BCUT2D eigenvalue weighted by Crippen LogP contribution is -2.20. The van der Waals surface area contributed by atoms with E-state index in [2.05, 4.69) is 10.3 Å². The Balaban J connectivity index is 2.53. The molecule has 0 amide bonds. The summed E-state index contributed by atoms with van der Waals surface area (Å²) in [5.74, 6) is -8.05. The van der Waals surface area contributed by atoms with Crippen LogP contribution in [-0.2, 0) is 0 Å². The molecule has 0 aliphatic rings. The third-order valence-corrected chi connectivity index (χ3v) is 4.18. The van der Waals surface area contributed by atoms with E-state index in [1.54, 1.807) is 6.92 Å². The van der Waals surface area contributed by atoms with Gasteiger partial charge >= 0.3 is 5.97 Å². The van der Waals surface area contributed by atoms with Gasteiger partial charge in [-0.3, -0.25) is 9.36 Å². The van der Waals surface area contributed by atoms with Gasteiger partial charge in [0, 0.05) is 18.8 Å². The molecule has 2 aromatic heterocycles. The van der Waals surface area contributed by atoms with Crippen LogP contribution in [0.5, 0.6) is 0 Å². The predicted molar refractivity (Wildman–Crippen MR) is 93.3 cm³/mol. The first kappa shape index (κ1) is 19.6. The van der Waals surface area contributed by atoms with Crippen LogP contribution in [0.25, 0.3) is 16.7 Å². The number of aromatic carboxylic acids is 1. The summed E-state index contributed by atoms with van der Waals surface area (Å²) in [6.07, 6.45) is 0.662. The molecule has 1 aromatic carbocycles. The van der Waals surface area contributed by atoms with Crippen LogP contribution in [0.3, 0.4) is 0 Å². The number of carbonyl (C=O) groups is 1. The SMILES string of the molecule is CCNc1nc(-n2cc(C(=O)O)c(=O)c3cc(F)c(F)c(Cl)c32)c(F)cc1F. The van der Waals surface area contributed by atoms with E-state index >= 15 is 0 Å². The molecule has 0 aliphatic carbocycles. The minimum atomic E-state index is -1.70. The van der Waals surface area contributed by atoms with Crippen LogP contribution < -0.4 is 10.7 Å². The first-order valence-corrected chi connectivity index (χ1v) is 8.11. The summed E-state index contributed by atoms with van der Waals surface area (Å²) in [5.41, 5.74) is -2.55. The number of aromatic nitrogens is 2. The van der Waals surface area contributed by atoms with Gasteiger partial charge in [-0.2, -0.15) is 0 Å². The molecular weight excluding hydrogens is 406 g/mol. The lowest BCUT2D eigenvalue weighted by atomic mass is 10.1. The first-order chi connectivity index (χ1) is 13.2. The Bertz CT molecular complexity index is 1200. The number of nitrogens with zero attached hydrogens (tertiary/aromatic N) is 2. The van der Waals surface area contributed by atoms with Gasteiger partial charge in [0.25, 0.3) is 0 Å². The second-order valence-electron chi connectivity index (χ2n) is 5.58. The Kier molecular flexibility index (Phi) is 4.99. The van der Waals surface area contributed by atoms with E-state index in [1.807, 2.05) is 0 Å². The number of carboxylic acids is 1. The van der Waals surface area contributed by atoms with E-state index in [4.69, 9.17) is 11.6 Å². The highest BCUT2D eigenvalue weighted by atomic mass is 35.5. The van der Waals surface area contributed by atoms with Gasteiger partial charge in [0.1, 0.15) is 10.6 Å². The summed E-state index contributed by atoms with van der Waals surface area (Å²) in [4.78, 5) is 27.5. The van der Waals surface area contributed by atoms with E-state index < -0.39 is 62.0 Å². The van der Waals surface area contributed by atoms with Crippen molar-refractivity contribution < 1.29 is 27.5 Å². The summed E-state index contributed by atoms with van der Waals surface area (Å²) in [6, 6.07) is 0.924. The van der Waals surface area contributed by atoms with Crippen LogP contribution >= 0.6 is 11.6 Å². The van der Waals surface area contributed by atoms with Crippen molar-refractivity contribution in [1.29, 1.82) is 0 Å². The minimum absolute atomic E-state index is 0.223. The number of anilines is 1. The highest BCUT2D eigenvalue weighted by molar-refractivity contribution is 6.35. The maximum absolute atomic E-state index is 14.4. The van der Waals surface area contributed by atoms with Crippen LogP contribution in [0.2, 0.25) is 5.02 Å². The van der Waals surface area contributed by atoms with Crippen molar-refractivity contribution in [2.75, 3.05) is 11.9 Å². The number of pyridine rings is 2. The molecule has 0 fully saturated rings. The minimum Gasteiger partial charge on any atom is -0.477 e. The second-order valence-corrected chi connectivity index (χ2v) is 5.96. The monoisotopic (exact) mass is 415 g/mol. The van der Waals surface area contributed by atoms with E-state index in [1.165, 1.54) is 0 Å². The van der Waals surface area contributed by atoms with Crippen LogP contribution in [0.1, 0.15) is 17.3 Å². The summed E-state index contributed by atoms with van der Waals surface area (Å²) >= 11 is 5.81. The highest BCUT2D eigenvalue weighted by Crippen LogP contribution is 2.30. The Morgan fingerprint density at radius 3 is 2.50 bits per heavy atom. The number of fused-ring (bicyclic) bond motifs is 1.